The Hall–Kier alpha value is -1.89. The molecule has 0 spiro atoms. The standard InChI is InChI=1S/C11H14F2N2O3/c1-18-9-6(3-2-4-7(9)14)11(17)15-5-8(16)10(12)13/h2-4,8,10,16H,5,14H2,1H3,(H,15,17). The van der Waals surface area contributed by atoms with Crippen LogP contribution in [0, 0.1) is 0 Å². The highest BCUT2D eigenvalue weighted by Crippen LogP contribution is 2.25. The molecule has 100 valence electrons. The molecule has 1 atom stereocenters. The van der Waals surface area contributed by atoms with Crippen LogP contribution in [0.15, 0.2) is 18.2 Å². The van der Waals surface area contributed by atoms with Gasteiger partial charge in [0.05, 0.1) is 18.4 Å². The lowest BCUT2D eigenvalue weighted by molar-refractivity contribution is -0.00271. The van der Waals surface area contributed by atoms with Crippen molar-refractivity contribution in [2.75, 3.05) is 19.4 Å². The molecule has 0 aliphatic carbocycles. The zero-order valence-electron chi connectivity index (χ0n) is 9.69. The van der Waals surface area contributed by atoms with Crippen molar-refractivity contribution in [3.05, 3.63) is 23.8 Å². The van der Waals surface area contributed by atoms with Crippen molar-refractivity contribution in [1.82, 2.24) is 5.32 Å². The summed E-state index contributed by atoms with van der Waals surface area (Å²) in [6, 6.07) is 4.53. The van der Waals surface area contributed by atoms with Crippen LogP contribution in [0.3, 0.4) is 0 Å². The minimum Gasteiger partial charge on any atom is -0.494 e. The maximum atomic E-state index is 12.0. The zero-order valence-corrected chi connectivity index (χ0v) is 9.69. The van der Waals surface area contributed by atoms with Crippen LogP contribution in [-0.2, 0) is 0 Å². The number of methoxy groups -OCH3 is 1. The average molecular weight is 260 g/mol. The van der Waals surface area contributed by atoms with Crippen LogP contribution in [0.4, 0.5) is 14.5 Å². The molecular weight excluding hydrogens is 246 g/mol. The molecule has 5 nitrogen and oxygen atoms in total. The van der Waals surface area contributed by atoms with Gasteiger partial charge in [-0.15, -0.1) is 0 Å². The summed E-state index contributed by atoms with van der Waals surface area (Å²) in [7, 11) is 1.34. The third-order valence-electron chi connectivity index (χ3n) is 2.26. The summed E-state index contributed by atoms with van der Waals surface area (Å²) in [4.78, 5) is 11.7. The molecule has 1 unspecified atom stereocenters. The summed E-state index contributed by atoms with van der Waals surface area (Å²) in [5.41, 5.74) is 5.99. The van der Waals surface area contributed by atoms with Gasteiger partial charge in [0.15, 0.2) is 5.75 Å². The van der Waals surface area contributed by atoms with Crippen LogP contribution in [0.5, 0.6) is 5.75 Å². The first-order chi connectivity index (χ1) is 8.47. The summed E-state index contributed by atoms with van der Waals surface area (Å²) in [5.74, 6) is -0.472. The van der Waals surface area contributed by atoms with Gasteiger partial charge >= 0.3 is 0 Å². The quantitative estimate of drug-likeness (QED) is 0.678. The number of nitrogens with two attached hydrogens (primary N) is 1. The molecular formula is C11H14F2N2O3. The number of benzene rings is 1. The smallest absolute Gasteiger partial charge is 0.265 e. The first kappa shape index (κ1) is 14.2. The lowest BCUT2D eigenvalue weighted by Gasteiger charge is -2.13. The molecule has 1 amide bonds. The summed E-state index contributed by atoms with van der Waals surface area (Å²) in [6.45, 7) is -0.547. The van der Waals surface area contributed by atoms with Crippen molar-refractivity contribution in [3.8, 4) is 5.75 Å². The molecule has 0 radical (unpaired) electrons. The number of carbonyl (C=O) groups is 1. The highest BCUT2D eigenvalue weighted by Gasteiger charge is 2.19. The van der Waals surface area contributed by atoms with E-state index in [1.165, 1.54) is 19.2 Å². The summed E-state index contributed by atoms with van der Waals surface area (Å²) in [6.07, 6.45) is -4.81. The molecule has 0 aliphatic heterocycles. The van der Waals surface area contributed by atoms with E-state index in [0.717, 1.165) is 0 Å². The van der Waals surface area contributed by atoms with Crippen LogP contribution in [-0.4, -0.2) is 37.2 Å². The van der Waals surface area contributed by atoms with Gasteiger partial charge in [-0.05, 0) is 12.1 Å². The second-order valence-electron chi connectivity index (χ2n) is 3.54. The van der Waals surface area contributed by atoms with Gasteiger partial charge in [-0.2, -0.15) is 0 Å². The largest absolute Gasteiger partial charge is 0.494 e. The van der Waals surface area contributed by atoms with E-state index in [-0.39, 0.29) is 17.0 Å². The normalized spacial score (nSPS) is 12.3. The number of aliphatic hydroxyl groups is 1. The fourth-order valence-corrected chi connectivity index (χ4v) is 1.34. The molecule has 0 saturated carbocycles. The van der Waals surface area contributed by atoms with Crippen LogP contribution < -0.4 is 15.8 Å². The third kappa shape index (κ3) is 3.30. The maximum absolute atomic E-state index is 12.0. The molecule has 0 fully saturated rings. The predicted octanol–water partition coefficient (Wildman–Crippen LogP) is 0.633. The lowest BCUT2D eigenvalue weighted by Crippen LogP contribution is -2.36. The van der Waals surface area contributed by atoms with Gasteiger partial charge in [0.25, 0.3) is 12.3 Å². The Balaban J connectivity index is 2.76. The molecule has 0 aliphatic rings. The Labute approximate surface area is 103 Å². The fraction of sp³-hybridized carbons (Fsp3) is 0.364. The van der Waals surface area contributed by atoms with E-state index < -0.39 is 25.0 Å². The van der Waals surface area contributed by atoms with Gasteiger partial charge < -0.3 is 20.9 Å². The van der Waals surface area contributed by atoms with Gasteiger partial charge in [0.1, 0.15) is 6.10 Å². The Morgan fingerprint density at radius 3 is 2.78 bits per heavy atom. The van der Waals surface area contributed by atoms with Crippen molar-refractivity contribution in [2.24, 2.45) is 0 Å². The monoisotopic (exact) mass is 260 g/mol. The van der Waals surface area contributed by atoms with E-state index in [0.29, 0.717) is 0 Å². The maximum Gasteiger partial charge on any atom is 0.265 e. The van der Waals surface area contributed by atoms with Crippen molar-refractivity contribution < 1.29 is 23.4 Å². The second kappa shape index (κ2) is 6.15. The Morgan fingerprint density at radius 2 is 2.22 bits per heavy atom. The van der Waals surface area contributed by atoms with Crippen LogP contribution in [0.25, 0.3) is 0 Å². The third-order valence-corrected chi connectivity index (χ3v) is 2.26. The van der Waals surface area contributed by atoms with Gasteiger partial charge in [-0.1, -0.05) is 6.07 Å². The topological polar surface area (TPSA) is 84.6 Å². The molecule has 0 saturated heterocycles. The van der Waals surface area contributed by atoms with Crippen LogP contribution >= 0.6 is 0 Å². The number of rotatable bonds is 5. The van der Waals surface area contributed by atoms with Crippen LogP contribution in [0.2, 0.25) is 0 Å². The number of aliphatic hydroxyl groups excluding tert-OH is 1. The SMILES string of the molecule is COc1c(N)cccc1C(=O)NCC(O)C(F)F. The zero-order chi connectivity index (χ0) is 13.7. The average Bonchev–Trinajstić information content (AvgIpc) is 2.34. The van der Waals surface area contributed by atoms with Gasteiger partial charge in [0.2, 0.25) is 0 Å². The van der Waals surface area contributed by atoms with Gasteiger partial charge in [-0.3, -0.25) is 4.79 Å². The molecule has 0 bridgehead atoms. The van der Waals surface area contributed by atoms with Crippen molar-refractivity contribution in [2.45, 2.75) is 12.5 Å². The minimum absolute atomic E-state index is 0.124. The second-order valence-corrected chi connectivity index (χ2v) is 3.54. The number of para-hydroxylation sites is 1. The van der Waals surface area contributed by atoms with Crippen molar-refractivity contribution in [3.63, 3.8) is 0 Å². The first-order valence-corrected chi connectivity index (χ1v) is 5.14. The highest BCUT2D eigenvalue weighted by atomic mass is 19.3. The van der Waals surface area contributed by atoms with E-state index in [4.69, 9.17) is 15.6 Å². The van der Waals surface area contributed by atoms with E-state index in [1.807, 2.05) is 0 Å². The number of nitrogen functional groups attached to an aromatic ring is 1. The summed E-state index contributed by atoms with van der Waals surface area (Å²) in [5, 5.41) is 11.1. The number of amides is 1. The van der Waals surface area contributed by atoms with E-state index in [2.05, 4.69) is 5.32 Å². The number of carbonyl (C=O) groups excluding carboxylic acids is 1. The Morgan fingerprint density at radius 1 is 1.56 bits per heavy atom. The molecule has 4 N–H and O–H groups in total. The van der Waals surface area contributed by atoms with Gasteiger partial charge in [0, 0.05) is 6.54 Å². The van der Waals surface area contributed by atoms with Crippen molar-refractivity contribution in [1.29, 1.82) is 0 Å². The summed E-state index contributed by atoms with van der Waals surface area (Å²) >= 11 is 0. The van der Waals surface area contributed by atoms with E-state index in [9.17, 15) is 13.6 Å². The molecule has 1 rings (SSSR count). The number of nitrogens with one attached hydrogen (secondary N) is 1. The molecule has 1 aromatic rings. The van der Waals surface area contributed by atoms with E-state index in [1.54, 1.807) is 6.07 Å². The number of anilines is 1. The van der Waals surface area contributed by atoms with E-state index >= 15 is 0 Å². The molecule has 0 heterocycles. The first-order valence-electron chi connectivity index (χ1n) is 5.14. The number of halogens is 2. The molecule has 7 heteroatoms. The number of ether oxygens (including phenoxy) is 1. The number of hydrogen-bond acceptors (Lipinski definition) is 4. The molecule has 18 heavy (non-hydrogen) atoms. The van der Waals surface area contributed by atoms with Crippen LogP contribution in [0.1, 0.15) is 10.4 Å². The minimum atomic E-state index is -2.91. The highest BCUT2D eigenvalue weighted by molar-refractivity contribution is 5.98. The summed E-state index contributed by atoms with van der Waals surface area (Å²) < 4.78 is 29.0. The fourth-order valence-electron chi connectivity index (χ4n) is 1.34. The molecule has 1 aromatic carbocycles. The molecule has 0 aromatic heterocycles. The lowest BCUT2D eigenvalue weighted by atomic mass is 10.1. The predicted molar refractivity (Wildman–Crippen MR) is 61.8 cm³/mol. The van der Waals surface area contributed by atoms with Crippen molar-refractivity contribution >= 4 is 11.6 Å². The Kier molecular flexibility index (Phi) is 4.85. The number of alkyl halides is 2. The van der Waals surface area contributed by atoms with Gasteiger partial charge in [-0.25, -0.2) is 8.78 Å². The number of hydrogen-bond donors (Lipinski definition) is 3. The Bertz CT molecular complexity index is 427.